The second kappa shape index (κ2) is 36.6. The Labute approximate surface area is 140 Å². The number of rotatable bonds is 5. The van der Waals surface area contributed by atoms with Crippen LogP contribution in [0.15, 0.2) is 0 Å². The van der Waals surface area contributed by atoms with E-state index in [1.54, 1.807) is 0 Å². The molecule has 0 aromatic rings. The molecule has 0 saturated heterocycles. The highest BCUT2D eigenvalue weighted by Crippen LogP contribution is 1.77. The van der Waals surface area contributed by atoms with Gasteiger partial charge in [-0.15, -0.1) is 0 Å². The van der Waals surface area contributed by atoms with E-state index < -0.39 is 12.1 Å². The van der Waals surface area contributed by atoms with Gasteiger partial charge in [0.25, 0.3) is 0 Å². The zero-order chi connectivity index (χ0) is 13.0. The molecule has 0 rings (SSSR count). The quantitative estimate of drug-likeness (QED) is 0.522. The molecule has 0 radical (unpaired) electrons. The maximum absolute atomic E-state index is 10.4. The lowest BCUT2D eigenvalue weighted by Crippen LogP contribution is -2.40. The fraction of sp³-hybridized carbons (Fsp3) is 0.857. The summed E-state index contributed by atoms with van der Waals surface area (Å²) < 4.78 is 0. The third kappa shape index (κ3) is 51.4. The summed E-state index contributed by atoms with van der Waals surface area (Å²) in [5, 5.41) is 5.21. The van der Waals surface area contributed by atoms with Crippen LogP contribution in [0.1, 0.15) is 44.6 Å². The maximum Gasteiger partial charge on any atom is 0.314 e. The molecule has 0 aromatic carbocycles. The lowest BCUT2D eigenvalue weighted by Gasteiger charge is -2.13. The highest BCUT2D eigenvalue weighted by molar-refractivity contribution is 5.72. The normalized spacial score (nSPS) is 6.32. The summed E-state index contributed by atoms with van der Waals surface area (Å²) in [5.74, 6) is 0. The van der Waals surface area contributed by atoms with Gasteiger partial charge in [0.1, 0.15) is 0 Å². The molecule has 0 aliphatic carbocycles. The van der Waals surface area contributed by atoms with Crippen LogP contribution in [-0.4, -0.2) is 57.2 Å². The van der Waals surface area contributed by atoms with Crippen LogP contribution in [-0.2, 0) is 0 Å². The van der Waals surface area contributed by atoms with Crippen LogP contribution in [0.25, 0.3) is 0 Å². The molecule has 8 N–H and O–H groups in total. The second-order valence-corrected chi connectivity index (χ2v) is 2.94. The number of hydrogen-bond donors (Lipinski definition) is 5. The smallest absolute Gasteiger partial charge is 0.314 e. The molecule has 0 aliphatic rings. The summed E-state index contributed by atoms with van der Waals surface area (Å²) in [6.07, 6.45) is 0. The van der Waals surface area contributed by atoms with Crippen molar-refractivity contribution in [2.45, 2.75) is 44.6 Å². The fourth-order valence-electron chi connectivity index (χ4n) is 0.601. The van der Waals surface area contributed by atoms with Gasteiger partial charge in [-0.3, -0.25) is 0 Å². The van der Waals surface area contributed by atoms with Crippen molar-refractivity contribution in [1.82, 2.24) is 15.5 Å². The van der Waals surface area contributed by atoms with E-state index in [0.29, 0.717) is 13.1 Å². The lowest BCUT2D eigenvalue weighted by molar-refractivity contribution is 0.217. The van der Waals surface area contributed by atoms with Crippen LogP contribution in [0, 0.1) is 0 Å². The van der Waals surface area contributed by atoms with Gasteiger partial charge in [0, 0.05) is 33.2 Å². The molecule has 22 heavy (non-hydrogen) atoms. The first-order valence-corrected chi connectivity index (χ1v) is 4.84. The minimum absolute atomic E-state index is 0. The molecule has 0 spiro atoms. The zero-order valence-electron chi connectivity index (χ0n) is 9.82. The van der Waals surface area contributed by atoms with Crippen LogP contribution in [0.2, 0.25) is 0 Å². The summed E-state index contributed by atoms with van der Waals surface area (Å²) in [7, 11) is 3.41. The third-order valence-electron chi connectivity index (χ3n) is 1.52. The number of amides is 4. The number of likely N-dealkylation sites (N-methyl/N-ethyl adjacent to an activating group) is 2. The Morgan fingerprint density at radius 3 is 1.55 bits per heavy atom. The van der Waals surface area contributed by atoms with Crippen molar-refractivity contribution in [3.63, 3.8) is 0 Å². The predicted molar refractivity (Wildman–Crippen MR) is 103 cm³/mol. The monoisotopic (exact) mass is 330 g/mol. The Morgan fingerprint density at radius 2 is 1.36 bits per heavy atom. The van der Waals surface area contributed by atoms with Crippen molar-refractivity contribution >= 4 is 12.1 Å². The van der Waals surface area contributed by atoms with Gasteiger partial charge in [0.15, 0.2) is 0 Å². The van der Waals surface area contributed by atoms with Crippen molar-refractivity contribution < 1.29 is 9.59 Å². The van der Waals surface area contributed by atoms with E-state index in [1.807, 2.05) is 7.05 Å². The lowest BCUT2D eigenvalue weighted by atomic mass is 10.5. The molecule has 0 aliphatic heterocycles. The number of primary amides is 2. The number of carbonyl (C=O) groups is 2. The summed E-state index contributed by atoms with van der Waals surface area (Å²) in [5.41, 5.74) is 14.7. The van der Waals surface area contributed by atoms with Gasteiger partial charge in [-0.1, -0.05) is 44.6 Å². The molecule has 4 amide bonds. The van der Waals surface area contributed by atoms with Crippen molar-refractivity contribution in [3.8, 4) is 0 Å². The number of urea groups is 2. The van der Waals surface area contributed by atoms with Gasteiger partial charge in [-0.25, -0.2) is 9.59 Å². The molecular formula is C14H46N6O2. The van der Waals surface area contributed by atoms with E-state index in [-0.39, 0.29) is 44.6 Å². The fourth-order valence-corrected chi connectivity index (χ4v) is 0.601. The predicted octanol–water partition coefficient (Wildman–Crippen LogP) is 1.65. The van der Waals surface area contributed by atoms with E-state index in [0.717, 1.165) is 13.1 Å². The maximum atomic E-state index is 10.4. The average Bonchev–Trinajstić information content (AvgIpc) is 2.19. The zero-order valence-corrected chi connectivity index (χ0v) is 9.82. The number of carbonyl (C=O) groups excluding carboxylic acids is 2. The minimum atomic E-state index is -0.608. The SMILES string of the molecule is C.C.C.C.C.C.CN(CCNC(N)=O)C(N)=O.CNCCN. The van der Waals surface area contributed by atoms with Crippen LogP contribution in [0.5, 0.6) is 0 Å². The third-order valence-corrected chi connectivity index (χ3v) is 1.52. The van der Waals surface area contributed by atoms with Crippen molar-refractivity contribution in [3.05, 3.63) is 0 Å². The van der Waals surface area contributed by atoms with Crippen molar-refractivity contribution in [2.24, 2.45) is 17.2 Å². The van der Waals surface area contributed by atoms with Crippen LogP contribution in [0.3, 0.4) is 0 Å². The Kier molecular flexibility index (Phi) is 83.0. The molecule has 0 unspecified atom stereocenters. The van der Waals surface area contributed by atoms with Gasteiger partial charge in [-0.2, -0.15) is 0 Å². The highest BCUT2D eigenvalue weighted by Gasteiger charge is 2.01. The van der Waals surface area contributed by atoms with Gasteiger partial charge in [-0.05, 0) is 7.05 Å². The topological polar surface area (TPSA) is 140 Å². The first-order chi connectivity index (χ1) is 7.45. The Hall–Kier alpha value is -1.54. The first kappa shape index (κ1) is 49.9. The largest absolute Gasteiger partial charge is 0.352 e. The summed E-state index contributed by atoms with van der Waals surface area (Å²) >= 11 is 0. The molecule has 8 nitrogen and oxygen atoms in total. The molecular weight excluding hydrogens is 284 g/mol. The van der Waals surface area contributed by atoms with E-state index in [2.05, 4.69) is 10.6 Å². The summed E-state index contributed by atoms with van der Waals surface area (Å²) in [4.78, 5) is 21.8. The van der Waals surface area contributed by atoms with Crippen molar-refractivity contribution in [2.75, 3.05) is 40.3 Å². The van der Waals surface area contributed by atoms with Gasteiger partial charge < -0.3 is 32.7 Å². The molecule has 0 fully saturated rings. The molecule has 8 heteroatoms. The van der Waals surface area contributed by atoms with Crippen LogP contribution in [0.4, 0.5) is 9.59 Å². The number of nitrogens with two attached hydrogens (primary N) is 3. The Morgan fingerprint density at radius 1 is 0.955 bits per heavy atom. The Bertz CT molecular complexity index is 202. The standard InChI is InChI=1S/C5H12N4O2.C3H10N2.6CH4/c1-9(5(7)11)3-2-8-4(6)10;1-5-3-2-4;;;;;;/h2-3H2,1H3,(H2,7,11)(H3,6,8,10);5H,2-4H2,1H3;6*1H4. The summed E-state index contributed by atoms with van der Waals surface area (Å²) in [6.45, 7) is 2.32. The van der Waals surface area contributed by atoms with E-state index in [4.69, 9.17) is 17.2 Å². The Balaban J connectivity index is -0.0000000267. The molecule has 0 bridgehead atoms. The number of hydrogen-bond acceptors (Lipinski definition) is 4. The van der Waals surface area contributed by atoms with Crippen molar-refractivity contribution in [1.29, 1.82) is 0 Å². The first-order valence-electron chi connectivity index (χ1n) is 4.84. The van der Waals surface area contributed by atoms with Gasteiger partial charge in [0.05, 0.1) is 0 Å². The molecule has 0 heterocycles. The van der Waals surface area contributed by atoms with Gasteiger partial charge in [0.2, 0.25) is 0 Å². The van der Waals surface area contributed by atoms with Crippen LogP contribution >= 0.6 is 0 Å². The average molecular weight is 331 g/mol. The molecule has 0 saturated carbocycles. The van der Waals surface area contributed by atoms with Gasteiger partial charge >= 0.3 is 12.1 Å². The minimum Gasteiger partial charge on any atom is -0.352 e. The van der Waals surface area contributed by atoms with E-state index >= 15 is 0 Å². The summed E-state index contributed by atoms with van der Waals surface area (Å²) in [6, 6.07) is -1.14. The molecule has 0 atom stereocenters. The van der Waals surface area contributed by atoms with E-state index in [1.165, 1.54) is 11.9 Å². The number of nitrogens with one attached hydrogen (secondary N) is 2. The second-order valence-electron chi connectivity index (χ2n) is 2.94. The number of nitrogens with zero attached hydrogens (tertiary/aromatic N) is 1. The van der Waals surface area contributed by atoms with E-state index in [9.17, 15) is 9.59 Å². The molecule has 0 aromatic heterocycles. The highest BCUT2D eigenvalue weighted by atomic mass is 16.2. The van der Waals surface area contributed by atoms with Crippen LogP contribution < -0.4 is 27.8 Å². The molecule has 144 valence electrons.